The first kappa shape index (κ1) is 14.8. The van der Waals surface area contributed by atoms with Crippen LogP contribution in [0.5, 0.6) is 0 Å². The van der Waals surface area contributed by atoms with E-state index in [0.29, 0.717) is 0 Å². The number of hydrogen-bond acceptors (Lipinski definition) is 4. The summed E-state index contributed by atoms with van der Waals surface area (Å²) in [4.78, 5) is 23.1. The minimum atomic E-state index is -0.178. The number of anilines is 1. The lowest BCUT2D eigenvalue weighted by Gasteiger charge is -2.34. The molecule has 0 saturated carbocycles. The Morgan fingerprint density at radius 2 is 2.15 bits per heavy atom. The Balaban J connectivity index is 2.03. The van der Waals surface area contributed by atoms with E-state index in [2.05, 4.69) is 20.2 Å². The van der Waals surface area contributed by atoms with Gasteiger partial charge in [0.2, 0.25) is 5.91 Å². The third-order valence-electron chi connectivity index (χ3n) is 3.36. The molecule has 2 rings (SSSR count). The molecule has 1 atom stereocenters. The van der Waals surface area contributed by atoms with E-state index in [-0.39, 0.29) is 17.4 Å². The van der Waals surface area contributed by atoms with Gasteiger partial charge in [0.15, 0.2) is 0 Å². The van der Waals surface area contributed by atoms with E-state index in [1.165, 1.54) is 0 Å². The van der Waals surface area contributed by atoms with Gasteiger partial charge in [-0.25, -0.2) is 4.98 Å². The molecular formula is C15H24N4O. The maximum Gasteiger partial charge on any atom is 0.225 e. The summed E-state index contributed by atoms with van der Waals surface area (Å²) in [7, 11) is 0. The molecule has 0 radical (unpaired) electrons. The van der Waals surface area contributed by atoms with E-state index in [1.54, 1.807) is 12.4 Å². The number of nitrogens with zero attached hydrogens (tertiary/aromatic N) is 3. The van der Waals surface area contributed by atoms with E-state index < -0.39 is 0 Å². The first-order valence-corrected chi connectivity index (χ1v) is 7.21. The van der Waals surface area contributed by atoms with Gasteiger partial charge in [0.05, 0.1) is 17.8 Å². The molecule has 0 spiro atoms. The number of rotatable bonds is 2. The number of aromatic nitrogens is 2. The summed E-state index contributed by atoms with van der Waals surface area (Å²) in [6, 6.07) is 0. The minimum Gasteiger partial charge on any atom is -0.355 e. The van der Waals surface area contributed by atoms with E-state index in [0.717, 1.165) is 37.4 Å². The summed E-state index contributed by atoms with van der Waals surface area (Å²) in [5.74, 6) is 1.05. The highest BCUT2D eigenvalue weighted by Gasteiger charge is 2.28. The number of piperidine rings is 1. The molecule has 5 heteroatoms. The van der Waals surface area contributed by atoms with E-state index in [9.17, 15) is 4.79 Å². The first-order chi connectivity index (χ1) is 9.35. The highest BCUT2D eigenvalue weighted by atomic mass is 16.2. The fourth-order valence-electron chi connectivity index (χ4n) is 2.47. The fraction of sp³-hybridized carbons (Fsp3) is 0.667. The highest BCUT2D eigenvalue weighted by molar-refractivity contribution is 5.80. The second-order valence-electron chi connectivity index (χ2n) is 6.54. The Morgan fingerprint density at radius 3 is 2.80 bits per heavy atom. The van der Waals surface area contributed by atoms with E-state index in [1.807, 2.05) is 27.7 Å². The number of nitrogens with one attached hydrogen (secondary N) is 1. The van der Waals surface area contributed by atoms with Crippen LogP contribution in [-0.4, -0.2) is 34.5 Å². The van der Waals surface area contributed by atoms with Crippen LogP contribution in [0.2, 0.25) is 0 Å². The number of carbonyl (C=O) groups excluding carboxylic acids is 1. The molecule has 1 unspecified atom stereocenters. The normalized spacial score (nSPS) is 19.8. The zero-order valence-corrected chi connectivity index (χ0v) is 12.8. The molecule has 1 aromatic heterocycles. The molecular weight excluding hydrogens is 252 g/mol. The smallest absolute Gasteiger partial charge is 0.225 e. The maximum absolute atomic E-state index is 12.3. The molecule has 1 aliphatic heterocycles. The summed E-state index contributed by atoms with van der Waals surface area (Å²) >= 11 is 0. The van der Waals surface area contributed by atoms with E-state index >= 15 is 0 Å². The monoisotopic (exact) mass is 276 g/mol. The van der Waals surface area contributed by atoms with Gasteiger partial charge in [0.25, 0.3) is 0 Å². The van der Waals surface area contributed by atoms with E-state index in [4.69, 9.17) is 0 Å². The largest absolute Gasteiger partial charge is 0.355 e. The van der Waals surface area contributed by atoms with Gasteiger partial charge in [-0.1, -0.05) is 0 Å². The topological polar surface area (TPSA) is 58.1 Å². The van der Waals surface area contributed by atoms with Crippen LogP contribution in [-0.2, 0) is 4.79 Å². The summed E-state index contributed by atoms with van der Waals surface area (Å²) in [6.45, 7) is 9.63. The van der Waals surface area contributed by atoms with Crippen LogP contribution in [0, 0.1) is 12.8 Å². The van der Waals surface area contributed by atoms with Crippen molar-refractivity contribution in [2.75, 3.05) is 18.0 Å². The summed E-state index contributed by atoms with van der Waals surface area (Å²) < 4.78 is 0. The number of hydrogen-bond donors (Lipinski definition) is 1. The second kappa shape index (κ2) is 5.77. The molecule has 1 aliphatic rings. The van der Waals surface area contributed by atoms with Crippen molar-refractivity contribution in [3.8, 4) is 0 Å². The number of amides is 1. The van der Waals surface area contributed by atoms with Gasteiger partial charge in [0.1, 0.15) is 5.82 Å². The first-order valence-electron chi connectivity index (χ1n) is 7.21. The van der Waals surface area contributed by atoms with Crippen molar-refractivity contribution in [3.63, 3.8) is 0 Å². The standard InChI is InChI=1S/C15H24N4O/c1-11-8-16-9-13(17-11)19-7-5-6-12(10-19)14(20)18-15(2,3)4/h8-9,12H,5-7,10H2,1-4H3,(H,18,20). The van der Waals surface area contributed by atoms with Crippen LogP contribution in [0.4, 0.5) is 5.82 Å². The average molecular weight is 276 g/mol. The molecule has 1 amide bonds. The van der Waals surface area contributed by atoms with Gasteiger partial charge in [-0.15, -0.1) is 0 Å². The van der Waals surface area contributed by atoms with Crippen molar-refractivity contribution in [2.24, 2.45) is 5.92 Å². The van der Waals surface area contributed by atoms with Crippen LogP contribution in [0.3, 0.4) is 0 Å². The van der Waals surface area contributed by atoms with Gasteiger partial charge < -0.3 is 10.2 Å². The molecule has 20 heavy (non-hydrogen) atoms. The molecule has 1 N–H and O–H groups in total. The molecule has 2 heterocycles. The lowest BCUT2D eigenvalue weighted by Crippen LogP contribution is -2.48. The van der Waals surface area contributed by atoms with Gasteiger partial charge >= 0.3 is 0 Å². The van der Waals surface area contributed by atoms with Crippen molar-refractivity contribution in [2.45, 2.75) is 46.1 Å². The maximum atomic E-state index is 12.3. The zero-order valence-electron chi connectivity index (χ0n) is 12.8. The number of carbonyl (C=O) groups is 1. The van der Waals surface area contributed by atoms with Crippen LogP contribution in [0.25, 0.3) is 0 Å². The SMILES string of the molecule is Cc1cncc(N2CCCC(C(=O)NC(C)(C)C)C2)n1. The molecule has 1 fully saturated rings. The van der Waals surface area contributed by atoms with Crippen LogP contribution < -0.4 is 10.2 Å². The molecule has 0 aromatic carbocycles. The van der Waals surface area contributed by atoms with Crippen molar-refractivity contribution in [1.82, 2.24) is 15.3 Å². The van der Waals surface area contributed by atoms with Crippen LogP contribution >= 0.6 is 0 Å². The van der Waals surface area contributed by atoms with Crippen molar-refractivity contribution in [1.29, 1.82) is 0 Å². The van der Waals surface area contributed by atoms with Crippen molar-refractivity contribution < 1.29 is 4.79 Å². The fourth-order valence-corrected chi connectivity index (χ4v) is 2.47. The minimum absolute atomic E-state index is 0.0327. The Hall–Kier alpha value is -1.65. The summed E-state index contributed by atoms with van der Waals surface area (Å²) in [6.07, 6.45) is 5.48. The van der Waals surface area contributed by atoms with Crippen molar-refractivity contribution in [3.05, 3.63) is 18.1 Å². The van der Waals surface area contributed by atoms with Gasteiger partial charge in [0, 0.05) is 24.8 Å². The Kier molecular flexibility index (Phi) is 4.26. The Bertz CT molecular complexity index is 481. The molecule has 0 bridgehead atoms. The lowest BCUT2D eigenvalue weighted by atomic mass is 9.95. The average Bonchev–Trinajstić information content (AvgIpc) is 2.37. The second-order valence-corrected chi connectivity index (χ2v) is 6.54. The lowest BCUT2D eigenvalue weighted by molar-refractivity contribution is -0.126. The van der Waals surface area contributed by atoms with Crippen LogP contribution in [0.1, 0.15) is 39.3 Å². The third-order valence-corrected chi connectivity index (χ3v) is 3.36. The molecule has 5 nitrogen and oxygen atoms in total. The van der Waals surface area contributed by atoms with Gasteiger partial charge in [-0.05, 0) is 40.5 Å². The highest BCUT2D eigenvalue weighted by Crippen LogP contribution is 2.22. The van der Waals surface area contributed by atoms with Gasteiger partial charge in [-0.2, -0.15) is 0 Å². The molecule has 0 aliphatic carbocycles. The quantitative estimate of drug-likeness (QED) is 0.896. The Labute approximate surface area is 120 Å². The molecule has 1 saturated heterocycles. The summed E-state index contributed by atoms with van der Waals surface area (Å²) in [5.41, 5.74) is 0.728. The molecule has 1 aromatic rings. The van der Waals surface area contributed by atoms with Gasteiger partial charge in [-0.3, -0.25) is 9.78 Å². The van der Waals surface area contributed by atoms with Crippen molar-refractivity contribution >= 4 is 11.7 Å². The third kappa shape index (κ3) is 3.92. The van der Waals surface area contributed by atoms with Crippen LogP contribution in [0.15, 0.2) is 12.4 Å². The predicted octanol–water partition coefficient (Wildman–Crippen LogP) is 1.92. The summed E-state index contributed by atoms with van der Waals surface area (Å²) in [5, 5.41) is 3.07. The zero-order chi connectivity index (χ0) is 14.8. The predicted molar refractivity (Wildman–Crippen MR) is 79.6 cm³/mol. The molecule has 110 valence electrons. The Morgan fingerprint density at radius 1 is 1.40 bits per heavy atom. The number of aryl methyl sites for hydroxylation is 1.